The SMILES string of the molecule is NCCc1ccc(Oc2ccc(F)c(C(=O)N3CCc4[nH]ncc4C3)c2)cc1. The van der Waals surface area contributed by atoms with E-state index in [4.69, 9.17) is 10.5 Å². The van der Waals surface area contributed by atoms with Crippen LogP contribution in [0, 0.1) is 5.82 Å². The third-order valence-corrected chi connectivity index (χ3v) is 4.85. The molecular formula is C21H21FN4O2. The molecule has 0 atom stereocenters. The molecule has 3 aromatic rings. The average Bonchev–Trinajstić information content (AvgIpc) is 3.18. The van der Waals surface area contributed by atoms with Gasteiger partial charge in [-0.2, -0.15) is 5.10 Å². The number of nitrogens with zero attached hydrogens (tertiary/aromatic N) is 2. The van der Waals surface area contributed by atoms with Gasteiger partial charge in [0.05, 0.1) is 11.8 Å². The second-order valence-corrected chi connectivity index (χ2v) is 6.78. The number of benzene rings is 2. The van der Waals surface area contributed by atoms with Crippen LogP contribution in [-0.2, 0) is 19.4 Å². The monoisotopic (exact) mass is 380 g/mol. The van der Waals surface area contributed by atoms with Gasteiger partial charge in [-0.05, 0) is 48.9 Å². The molecule has 1 aliphatic heterocycles. The minimum absolute atomic E-state index is 0.00389. The molecule has 144 valence electrons. The van der Waals surface area contributed by atoms with Gasteiger partial charge in [0.15, 0.2) is 0 Å². The molecule has 7 heteroatoms. The van der Waals surface area contributed by atoms with Crippen LogP contribution in [0.2, 0.25) is 0 Å². The van der Waals surface area contributed by atoms with Gasteiger partial charge < -0.3 is 15.4 Å². The van der Waals surface area contributed by atoms with Crippen LogP contribution in [0.4, 0.5) is 4.39 Å². The lowest BCUT2D eigenvalue weighted by Gasteiger charge is -2.26. The second-order valence-electron chi connectivity index (χ2n) is 6.78. The molecule has 1 aliphatic rings. The van der Waals surface area contributed by atoms with Crippen molar-refractivity contribution in [3.05, 3.63) is 76.9 Å². The van der Waals surface area contributed by atoms with Crippen LogP contribution in [0.5, 0.6) is 11.5 Å². The van der Waals surface area contributed by atoms with Gasteiger partial charge in [0.2, 0.25) is 0 Å². The van der Waals surface area contributed by atoms with Crippen LogP contribution < -0.4 is 10.5 Å². The fourth-order valence-corrected chi connectivity index (χ4v) is 3.32. The molecule has 3 N–H and O–H groups in total. The van der Waals surface area contributed by atoms with E-state index in [0.29, 0.717) is 37.6 Å². The first-order chi connectivity index (χ1) is 13.6. The Kier molecular flexibility index (Phi) is 5.08. The van der Waals surface area contributed by atoms with Crippen molar-refractivity contribution in [2.75, 3.05) is 13.1 Å². The number of carbonyl (C=O) groups excluding carboxylic acids is 1. The Hall–Kier alpha value is -3.19. The van der Waals surface area contributed by atoms with Crippen LogP contribution in [0.1, 0.15) is 27.2 Å². The van der Waals surface area contributed by atoms with E-state index in [1.54, 1.807) is 11.1 Å². The highest BCUT2D eigenvalue weighted by Gasteiger charge is 2.25. The molecule has 28 heavy (non-hydrogen) atoms. The van der Waals surface area contributed by atoms with Gasteiger partial charge in [-0.1, -0.05) is 12.1 Å². The number of aromatic amines is 1. The summed E-state index contributed by atoms with van der Waals surface area (Å²) in [6.45, 7) is 1.51. The van der Waals surface area contributed by atoms with E-state index in [2.05, 4.69) is 10.2 Å². The molecule has 0 bridgehead atoms. The number of nitrogens with one attached hydrogen (secondary N) is 1. The first kappa shape index (κ1) is 18.2. The molecular weight excluding hydrogens is 359 g/mol. The van der Waals surface area contributed by atoms with E-state index in [-0.39, 0.29) is 11.5 Å². The van der Waals surface area contributed by atoms with Crippen molar-refractivity contribution in [2.24, 2.45) is 5.73 Å². The number of nitrogens with two attached hydrogens (primary N) is 1. The minimum atomic E-state index is -0.561. The maximum atomic E-state index is 14.4. The van der Waals surface area contributed by atoms with Crippen molar-refractivity contribution in [3.63, 3.8) is 0 Å². The quantitative estimate of drug-likeness (QED) is 0.713. The summed E-state index contributed by atoms with van der Waals surface area (Å²) in [5.41, 5.74) is 8.67. The molecule has 0 spiro atoms. The molecule has 1 amide bonds. The molecule has 0 saturated heterocycles. The lowest BCUT2D eigenvalue weighted by atomic mass is 10.1. The third kappa shape index (κ3) is 3.75. The smallest absolute Gasteiger partial charge is 0.257 e. The summed E-state index contributed by atoms with van der Waals surface area (Å²) in [5, 5.41) is 6.93. The van der Waals surface area contributed by atoms with Crippen LogP contribution in [0.15, 0.2) is 48.7 Å². The standard InChI is InChI=1S/C21H21FN4O2/c22-19-6-5-17(28-16-3-1-14(2-4-16)7-9-23)11-18(19)21(27)26-10-8-20-15(13-26)12-24-25-20/h1-6,11-12H,7-10,13,23H2,(H,24,25). The van der Waals surface area contributed by atoms with E-state index in [1.807, 2.05) is 24.3 Å². The number of ether oxygens (including phenoxy) is 1. The second kappa shape index (κ2) is 7.82. The van der Waals surface area contributed by atoms with Crippen molar-refractivity contribution in [1.29, 1.82) is 0 Å². The van der Waals surface area contributed by atoms with E-state index < -0.39 is 5.82 Å². The summed E-state index contributed by atoms with van der Waals surface area (Å²) < 4.78 is 20.2. The number of hydrogen-bond donors (Lipinski definition) is 2. The zero-order valence-electron chi connectivity index (χ0n) is 15.3. The van der Waals surface area contributed by atoms with E-state index in [1.165, 1.54) is 18.2 Å². The fraction of sp³-hybridized carbons (Fsp3) is 0.238. The number of fused-ring (bicyclic) bond motifs is 1. The number of halogens is 1. The highest BCUT2D eigenvalue weighted by Crippen LogP contribution is 2.26. The third-order valence-electron chi connectivity index (χ3n) is 4.85. The number of amides is 1. The normalized spacial score (nSPS) is 13.3. The summed E-state index contributed by atoms with van der Waals surface area (Å²) in [4.78, 5) is 14.5. The lowest BCUT2D eigenvalue weighted by Crippen LogP contribution is -2.36. The molecule has 1 aromatic heterocycles. The largest absolute Gasteiger partial charge is 0.457 e. The van der Waals surface area contributed by atoms with E-state index >= 15 is 0 Å². The molecule has 0 aliphatic carbocycles. The van der Waals surface area contributed by atoms with Gasteiger partial charge in [0, 0.05) is 30.8 Å². The zero-order valence-corrected chi connectivity index (χ0v) is 15.3. The molecule has 4 rings (SSSR count). The Morgan fingerprint density at radius 2 is 2.00 bits per heavy atom. The van der Waals surface area contributed by atoms with E-state index in [0.717, 1.165) is 23.2 Å². The Balaban J connectivity index is 1.51. The molecule has 6 nitrogen and oxygen atoms in total. The van der Waals surface area contributed by atoms with Crippen LogP contribution >= 0.6 is 0 Å². The maximum Gasteiger partial charge on any atom is 0.257 e. The van der Waals surface area contributed by atoms with Crippen molar-refractivity contribution in [2.45, 2.75) is 19.4 Å². The number of aromatic nitrogens is 2. The summed E-state index contributed by atoms with van der Waals surface area (Å²) >= 11 is 0. The Labute approximate surface area is 162 Å². The van der Waals surface area contributed by atoms with Crippen molar-refractivity contribution in [1.82, 2.24) is 15.1 Å². The maximum absolute atomic E-state index is 14.4. The van der Waals surface area contributed by atoms with E-state index in [9.17, 15) is 9.18 Å². The number of H-pyrrole nitrogens is 1. The number of hydrogen-bond acceptors (Lipinski definition) is 4. The van der Waals surface area contributed by atoms with Gasteiger partial charge in [-0.25, -0.2) is 4.39 Å². The predicted molar refractivity (Wildman–Crippen MR) is 103 cm³/mol. The van der Waals surface area contributed by atoms with Crippen LogP contribution in [-0.4, -0.2) is 34.1 Å². The van der Waals surface area contributed by atoms with Crippen molar-refractivity contribution in [3.8, 4) is 11.5 Å². The first-order valence-corrected chi connectivity index (χ1v) is 9.21. The minimum Gasteiger partial charge on any atom is -0.457 e. The lowest BCUT2D eigenvalue weighted by molar-refractivity contribution is 0.0729. The number of rotatable bonds is 5. The Morgan fingerprint density at radius 1 is 1.21 bits per heavy atom. The summed E-state index contributed by atoms with van der Waals surface area (Å²) in [6.07, 6.45) is 3.18. The molecule has 0 radical (unpaired) electrons. The molecule has 0 fully saturated rings. The van der Waals surface area contributed by atoms with Crippen LogP contribution in [0.3, 0.4) is 0 Å². The molecule has 2 heterocycles. The Bertz CT molecular complexity index is 984. The van der Waals surface area contributed by atoms with Crippen LogP contribution in [0.25, 0.3) is 0 Å². The predicted octanol–water partition coefficient (Wildman–Crippen LogP) is 3.04. The van der Waals surface area contributed by atoms with Crippen molar-refractivity contribution >= 4 is 5.91 Å². The fourth-order valence-electron chi connectivity index (χ4n) is 3.32. The van der Waals surface area contributed by atoms with Crippen molar-refractivity contribution < 1.29 is 13.9 Å². The summed E-state index contributed by atoms with van der Waals surface area (Å²) in [6, 6.07) is 11.8. The average molecular weight is 380 g/mol. The molecule has 0 saturated carbocycles. The van der Waals surface area contributed by atoms with Gasteiger partial charge in [0.1, 0.15) is 17.3 Å². The zero-order chi connectivity index (χ0) is 19.5. The number of carbonyl (C=O) groups is 1. The highest BCUT2D eigenvalue weighted by molar-refractivity contribution is 5.95. The van der Waals surface area contributed by atoms with Gasteiger partial charge in [-0.15, -0.1) is 0 Å². The topological polar surface area (TPSA) is 84.2 Å². The first-order valence-electron chi connectivity index (χ1n) is 9.21. The molecule has 0 unspecified atom stereocenters. The summed E-state index contributed by atoms with van der Waals surface area (Å²) in [7, 11) is 0. The summed E-state index contributed by atoms with van der Waals surface area (Å²) in [5.74, 6) is 0.117. The van der Waals surface area contributed by atoms with Gasteiger partial charge in [-0.3, -0.25) is 9.89 Å². The van der Waals surface area contributed by atoms with Gasteiger partial charge in [0.25, 0.3) is 5.91 Å². The van der Waals surface area contributed by atoms with Gasteiger partial charge >= 0.3 is 0 Å². The highest BCUT2D eigenvalue weighted by atomic mass is 19.1. The molecule has 2 aromatic carbocycles. The Morgan fingerprint density at radius 3 is 2.79 bits per heavy atom.